The second-order valence-corrected chi connectivity index (χ2v) is 6.95. The molecule has 0 atom stereocenters. The van der Waals surface area contributed by atoms with Gasteiger partial charge in [-0.1, -0.05) is 6.08 Å². The first-order chi connectivity index (χ1) is 12.5. The smallest absolute Gasteiger partial charge is 0.265 e. The van der Waals surface area contributed by atoms with Crippen LogP contribution in [0.15, 0.2) is 54.6 Å². The molecule has 2 heterocycles. The Labute approximate surface area is 160 Å². The summed E-state index contributed by atoms with van der Waals surface area (Å²) >= 11 is 6.53. The Balaban J connectivity index is 1.88. The minimum absolute atomic E-state index is 0.0589. The number of hydrogen-bond acceptors (Lipinski definition) is 5. The van der Waals surface area contributed by atoms with Gasteiger partial charge in [0, 0.05) is 16.3 Å². The molecular formula is C19H16N2O3S2. The van der Waals surface area contributed by atoms with Gasteiger partial charge in [-0.2, -0.15) is 0 Å². The van der Waals surface area contributed by atoms with E-state index >= 15 is 0 Å². The lowest BCUT2D eigenvalue weighted by Crippen LogP contribution is -2.53. The third kappa shape index (κ3) is 3.58. The van der Waals surface area contributed by atoms with Gasteiger partial charge >= 0.3 is 0 Å². The minimum atomic E-state index is -0.486. The van der Waals surface area contributed by atoms with Crippen LogP contribution in [0.2, 0.25) is 0 Å². The van der Waals surface area contributed by atoms with Crippen molar-refractivity contribution in [2.75, 3.05) is 13.7 Å². The van der Waals surface area contributed by atoms with Crippen molar-refractivity contribution in [3.05, 3.63) is 59.5 Å². The Hall–Kier alpha value is -2.77. The number of rotatable bonds is 5. The van der Waals surface area contributed by atoms with E-state index in [0.717, 1.165) is 21.1 Å². The van der Waals surface area contributed by atoms with Gasteiger partial charge in [-0.15, -0.1) is 17.9 Å². The molecule has 5 nitrogen and oxygen atoms in total. The summed E-state index contributed by atoms with van der Waals surface area (Å²) in [6.07, 6.45) is 3.15. The molecule has 26 heavy (non-hydrogen) atoms. The number of nitrogens with zero attached hydrogens (tertiary/aromatic N) is 1. The Bertz CT molecular complexity index is 913. The zero-order chi connectivity index (χ0) is 18.7. The molecule has 1 aliphatic heterocycles. The zero-order valence-corrected chi connectivity index (χ0v) is 15.7. The molecule has 1 aromatic carbocycles. The van der Waals surface area contributed by atoms with Crippen molar-refractivity contribution >= 4 is 46.6 Å². The number of carbonyl (C=O) groups is 2. The first-order valence-electron chi connectivity index (χ1n) is 7.77. The van der Waals surface area contributed by atoms with E-state index in [2.05, 4.69) is 11.9 Å². The normalized spacial score (nSPS) is 16.0. The molecule has 0 bridgehead atoms. The minimum Gasteiger partial charge on any atom is -0.497 e. The monoisotopic (exact) mass is 384 g/mol. The third-order valence-electron chi connectivity index (χ3n) is 3.79. The van der Waals surface area contributed by atoms with Crippen LogP contribution in [0, 0.1) is 0 Å². The molecule has 1 fully saturated rings. The maximum atomic E-state index is 12.5. The van der Waals surface area contributed by atoms with Crippen molar-refractivity contribution in [3.8, 4) is 16.2 Å². The summed E-state index contributed by atoms with van der Waals surface area (Å²) in [5.41, 5.74) is 1.10. The molecule has 1 saturated heterocycles. The summed E-state index contributed by atoms with van der Waals surface area (Å²) in [5, 5.41) is 2.64. The molecule has 0 radical (unpaired) electrons. The van der Waals surface area contributed by atoms with E-state index in [1.807, 2.05) is 36.4 Å². The molecule has 2 aromatic rings. The van der Waals surface area contributed by atoms with E-state index in [-0.39, 0.29) is 17.2 Å². The van der Waals surface area contributed by atoms with Crippen molar-refractivity contribution in [2.45, 2.75) is 0 Å². The first-order valence-corrected chi connectivity index (χ1v) is 9.00. The number of nitrogens with one attached hydrogen (secondary N) is 1. The van der Waals surface area contributed by atoms with Crippen molar-refractivity contribution in [1.29, 1.82) is 0 Å². The molecule has 7 heteroatoms. The van der Waals surface area contributed by atoms with E-state index < -0.39 is 11.8 Å². The molecule has 1 N–H and O–H groups in total. The highest BCUT2D eigenvalue weighted by atomic mass is 32.1. The van der Waals surface area contributed by atoms with Gasteiger partial charge in [-0.3, -0.25) is 19.8 Å². The van der Waals surface area contributed by atoms with Crippen molar-refractivity contribution in [2.24, 2.45) is 0 Å². The van der Waals surface area contributed by atoms with Crippen LogP contribution in [0.1, 0.15) is 4.88 Å². The quantitative estimate of drug-likeness (QED) is 0.372. The number of hydrogen-bond donors (Lipinski definition) is 1. The third-order valence-corrected chi connectivity index (χ3v) is 5.19. The highest BCUT2D eigenvalue weighted by Gasteiger charge is 2.32. The fourth-order valence-electron chi connectivity index (χ4n) is 2.47. The fourth-order valence-corrected chi connectivity index (χ4v) is 3.68. The highest BCUT2D eigenvalue weighted by Crippen LogP contribution is 2.31. The van der Waals surface area contributed by atoms with Crippen LogP contribution in [-0.2, 0) is 9.59 Å². The van der Waals surface area contributed by atoms with Crippen LogP contribution < -0.4 is 10.1 Å². The second kappa shape index (κ2) is 7.63. The lowest BCUT2D eigenvalue weighted by atomic mass is 10.1. The van der Waals surface area contributed by atoms with Crippen LogP contribution in [0.4, 0.5) is 0 Å². The lowest BCUT2D eigenvalue weighted by Gasteiger charge is -2.27. The van der Waals surface area contributed by atoms with Crippen LogP contribution in [-0.4, -0.2) is 35.5 Å². The largest absolute Gasteiger partial charge is 0.497 e. The Morgan fingerprint density at radius 1 is 1.23 bits per heavy atom. The maximum Gasteiger partial charge on any atom is 0.265 e. The predicted molar refractivity (Wildman–Crippen MR) is 107 cm³/mol. The average Bonchev–Trinajstić information content (AvgIpc) is 3.11. The summed E-state index contributed by atoms with van der Waals surface area (Å²) in [6, 6.07) is 11.5. The molecule has 0 spiro atoms. The number of thiocarbonyl (C=S) groups is 1. The van der Waals surface area contributed by atoms with E-state index in [1.54, 1.807) is 19.3 Å². The van der Waals surface area contributed by atoms with Gasteiger partial charge in [-0.25, -0.2) is 0 Å². The molecule has 1 aromatic heterocycles. The van der Waals surface area contributed by atoms with Gasteiger partial charge in [0.2, 0.25) is 0 Å². The second-order valence-electron chi connectivity index (χ2n) is 5.45. The standard InChI is InChI=1S/C19H16N2O3S2/c1-3-10-21-18(23)15(17(22)20-19(21)25)11-14-8-9-16(26-14)12-4-6-13(24-2)7-5-12/h3-9,11H,1,10H2,2H3,(H,20,22,25)/b15-11+. The van der Waals surface area contributed by atoms with E-state index in [4.69, 9.17) is 17.0 Å². The summed E-state index contributed by atoms with van der Waals surface area (Å²) in [6.45, 7) is 3.86. The number of carbonyl (C=O) groups excluding carboxylic acids is 2. The lowest BCUT2D eigenvalue weighted by molar-refractivity contribution is -0.128. The van der Waals surface area contributed by atoms with Gasteiger partial charge < -0.3 is 4.74 Å². The maximum absolute atomic E-state index is 12.5. The topological polar surface area (TPSA) is 58.6 Å². The van der Waals surface area contributed by atoms with Crippen molar-refractivity contribution < 1.29 is 14.3 Å². The molecule has 2 amide bonds. The van der Waals surface area contributed by atoms with Gasteiger partial charge in [0.15, 0.2) is 5.11 Å². The predicted octanol–water partition coefficient (Wildman–Crippen LogP) is 3.24. The number of ether oxygens (including phenoxy) is 1. The van der Waals surface area contributed by atoms with Crippen LogP contribution in [0.3, 0.4) is 0 Å². The van der Waals surface area contributed by atoms with Gasteiger partial charge in [0.1, 0.15) is 11.3 Å². The molecule has 3 rings (SSSR count). The first kappa shape index (κ1) is 18.0. The number of methoxy groups -OCH3 is 1. The van der Waals surface area contributed by atoms with E-state index in [0.29, 0.717) is 0 Å². The molecule has 1 aliphatic rings. The van der Waals surface area contributed by atoms with E-state index in [9.17, 15) is 9.59 Å². The van der Waals surface area contributed by atoms with E-state index in [1.165, 1.54) is 16.2 Å². The van der Waals surface area contributed by atoms with Crippen LogP contribution in [0.25, 0.3) is 16.5 Å². The Morgan fingerprint density at radius 2 is 1.96 bits per heavy atom. The zero-order valence-electron chi connectivity index (χ0n) is 14.0. The molecule has 132 valence electrons. The summed E-state index contributed by atoms with van der Waals surface area (Å²) in [4.78, 5) is 27.9. The number of thiophene rings is 1. The average molecular weight is 384 g/mol. The summed E-state index contributed by atoms with van der Waals surface area (Å²) in [5.74, 6) is -0.117. The molecular weight excluding hydrogens is 368 g/mol. The fraction of sp³-hybridized carbons (Fsp3) is 0.105. The van der Waals surface area contributed by atoms with Gasteiger partial charge in [0.05, 0.1) is 7.11 Å². The van der Waals surface area contributed by atoms with Crippen LogP contribution >= 0.6 is 23.6 Å². The highest BCUT2D eigenvalue weighted by molar-refractivity contribution is 7.80. The molecule has 0 unspecified atom stereocenters. The molecule has 0 aliphatic carbocycles. The summed E-state index contributed by atoms with van der Waals surface area (Å²) < 4.78 is 5.16. The summed E-state index contributed by atoms with van der Waals surface area (Å²) in [7, 11) is 1.62. The van der Waals surface area contributed by atoms with Gasteiger partial charge in [-0.05, 0) is 60.3 Å². The van der Waals surface area contributed by atoms with Crippen LogP contribution in [0.5, 0.6) is 5.75 Å². The number of amides is 2. The Kier molecular flexibility index (Phi) is 5.29. The Morgan fingerprint density at radius 3 is 2.62 bits per heavy atom. The van der Waals surface area contributed by atoms with Crippen molar-refractivity contribution in [3.63, 3.8) is 0 Å². The number of benzene rings is 1. The molecule has 0 saturated carbocycles. The SMILES string of the molecule is C=CCN1C(=O)/C(=C/c2ccc(-c3ccc(OC)cc3)s2)C(=O)NC1=S. The van der Waals surface area contributed by atoms with Crippen molar-refractivity contribution in [1.82, 2.24) is 10.2 Å². The van der Waals surface area contributed by atoms with Gasteiger partial charge in [0.25, 0.3) is 11.8 Å².